The first-order valence-electron chi connectivity index (χ1n) is 10.8. The Morgan fingerprint density at radius 1 is 0.935 bits per heavy atom. The minimum absolute atomic E-state index is 0.0537. The summed E-state index contributed by atoms with van der Waals surface area (Å²) in [5, 5.41) is 24.7. The van der Waals surface area contributed by atoms with E-state index >= 15 is 0 Å². The molecule has 0 aromatic heterocycles. The molecule has 8 heteroatoms. The van der Waals surface area contributed by atoms with E-state index in [1.54, 1.807) is 0 Å². The highest BCUT2D eigenvalue weighted by Gasteiger charge is 2.20. The minimum atomic E-state index is -0.489. The number of aromatic hydroxyl groups is 1. The van der Waals surface area contributed by atoms with E-state index in [1.807, 2.05) is 12.1 Å². The number of anilines is 1. The summed E-state index contributed by atoms with van der Waals surface area (Å²) in [6, 6.07) is 9.22. The first kappa shape index (κ1) is 21.3. The standard InChI is InChI=1S/C23H28N4O4/c28-22-18(15-25-9-1-2-10-25)13-20(14-19(22)16-26-11-3-4-12-26)24-23(29)17-5-7-21(8-6-17)27(30)31/h5-8,13-14,28H,1-4,9-12,15-16H2,(H,24,29). The Labute approximate surface area is 181 Å². The highest BCUT2D eigenvalue weighted by atomic mass is 16.6. The topological polar surface area (TPSA) is 99.0 Å². The number of hydrogen-bond donors (Lipinski definition) is 2. The van der Waals surface area contributed by atoms with Gasteiger partial charge in [0.05, 0.1) is 4.92 Å². The van der Waals surface area contributed by atoms with Gasteiger partial charge in [0.15, 0.2) is 0 Å². The van der Waals surface area contributed by atoms with Crippen LogP contribution in [0.1, 0.15) is 47.2 Å². The van der Waals surface area contributed by atoms with Gasteiger partial charge in [-0.15, -0.1) is 0 Å². The van der Waals surface area contributed by atoms with Crippen molar-refractivity contribution in [2.45, 2.75) is 38.8 Å². The zero-order chi connectivity index (χ0) is 21.8. The quantitative estimate of drug-likeness (QED) is 0.399. The fraction of sp³-hybridized carbons (Fsp3) is 0.435. The van der Waals surface area contributed by atoms with Gasteiger partial charge in [-0.3, -0.25) is 24.7 Å². The Morgan fingerprint density at radius 2 is 1.42 bits per heavy atom. The molecule has 4 rings (SSSR count). The smallest absolute Gasteiger partial charge is 0.269 e. The van der Waals surface area contributed by atoms with Gasteiger partial charge in [0.25, 0.3) is 11.6 Å². The predicted molar refractivity (Wildman–Crippen MR) is 118 cm³/mol. The number of phenols is 1. The van der Waals surface area contributed by atoms with E-state index in [9.17, 15) is 20.0 Å². The van der Waals surface area contributed by atoms with Gasteiger partial charge in [-0.2, -0.15) is 0 Å². The molecule has 0 aliphatic carbocycles. The van der Waals surface area contributed by atoms with Gasteiger partial charge in [0.1, 0.15) is 5.75 Å². The summed E-state index contributed by atoms with van der Waals surface area (Å²) in [6.45, 7) is 5.36. The lowest BCUT2D eigenvalue weighted by Gasteiger charge is -2.21. The zero-order valence-electron chi connectivity index (χ0n) is 17.5. The summed E-state index contributed by atoms with van der Waals surface area (Å²) >= 11 is 0. The third-order valence-corrected chi connectivity index (χ3v) is 6.05. The van der Waals surface area contributed by atoms with Gasteiger partial charge in [-0.05, 0) is 76.1 Å². The van der Waals surface area contributed by atoms with E-state index in [1.165, 1.54) is 24.3 Å². The van der Waals surface area contributed by atoms with Crippen LogP contribution in [0.25, 0.3) is 0 Å². The van der Waals surface area contributed by atoms with Crippen LogP contribution in [0, 0.1) is 10.1 Å². The summed E-state index contributed by atoms with van der Waals surface area (Å²) in [5.74, 6) is -0.0213. The van der Waals surface area contributed by atoms with Gasteiger partial charge >= 0.3 is 0 Å². The van der Waals surface area contributed by atoms with Gasteiger partial charge in [0.2, 0.25) is 0 Å². The van der Waals surface area contributed by atoms with E-state index in [2.05, 4.69) is 15.1 Å². The van der Waals surface area contributed by atoms with Crippen molar-refractivity contribution in [3.05, 3.63) is 63.2 Å². The molecule has 2 aliphatic heterocycles. The van der Waals surface area contributed by atoms with Crippen LogP contribution in [0.4, 0.5) is 11.4 Å². The Hall–Kier alpha value is -2.97. The molecule has 0 spiro atoms. The largest absolute Gasteiger partial charge is 0.507 e. The van der Waals surface area contributed by atoms with Crippen molar-refractivity contribution in [3.8, 4) is 5.75 Å². The molecule has 2 heterocycles. The van der Waals surface area contributed by atoms with Gasteiger partial charge in [-0.25, -0.2) is 0 Å². The normalized spacial score (nSPS) is 17.2. The first-order chi connectivity index (χ1) is 15.0. The van der Waals surface area contributed by atoms with Crippen LogP contribution in [0.2, 0.25) is 0 Å². The summed E-state index contributed by atoms with van der Waals surface area (Å²) < 4.78 is 0. The molecule has 8 nitrogen and oxygen atoms in total. The number of nitrogens with one attached hydrogen (secondary N) is 1. The van der Waals surface area contributed by atoms with Crippen molar-refractivity contribution in [2.75, 3.05) is 31.5 Å². The number of amides is 1. The Morgan fingerprint density at radius 3 is 1.87 bits per heavy atom. The molecule has 0 saturated carbocycles. The van der Waals surface area contributed by atoms with Crippen molar-refractivity contribution in [3.63, 3.8) is 0 Å². The number of likely N-dealkylation sites (tertiary alicyclic amines) is 2. The predicted octanol–water partition coefficient (Wildman–Crippen LogP) is 3.74. The van der Waals surface area contributed by atoms with Gasteiger partial charge < -0.3 is 10.4 Å². The van der Waals surface area contributed by atoms with Crippen molar-refractivity contribution < 1.29 is 14.8 Å². The molecule has 2 N–H and O–H groups in total. The van der Waals surface area contributed by atoms with Crippen LogP contribution in [-0.2, 0) is 13.1 Å². The average Bonchev–Trinajstić information content (AvgIpc) is 3.45. The van der Waals surface area contributed by atoms with E-state index in [0.717, 1.165) is 63.0 Å². The molecule has 0 atom stereocenters. The molecule has 2 aromatic carbocycles. The van der Waals surface area contributed by atoms with Crippen molar-refractivity contribution >= 4 is 17.3 Å². The van der Waals surface area contributed by atoms with Crippen LogP contribution in [0.15, 0.2) is 36.4 Å². The van der Waals surface area contributed by atoms with E-state index in [4.69, 9.17) is 0 Å². The van der Waals surface area contributed by atoms with Crippen molar-refractivity contribution in [1.82, 2.24) is 9.80 Å². The number of carbonyl (C=O) groups is 1. The minimum Gasteiger partial charge on any atom is -0.507 e. The molecular formula is C23H28N4O4. The second-order valence-electron chi connectivity index (χ2n) is 8.37. The molecule has 0 radical (unpaired) electrons. The number of phenolic OH excluding ortho intramolecular Hbond substituents is 1. The highest BCUT2D eigenvalue weighted by Crippen LogP contribution is 2.31. The lowest BCUT2D eigenvalue weighted by molar-refractivity contribution is -0.384. The second-order valence-corrected chi connectivity index (χ2v) is 8.37. The van der Waals surface area contributed by atoms with Crippen LogP contribution in [0.5, 0.6) is 5.75 Å². The molecule has 31 heavy (non-hydrogen) atoms. The number of nitrogens with zero attached hydrogens (tertiary/aromatic N) is 3. The Bertz CT molecular complexity index is 910. The van der Waals surface area contributed by atoms with E-state index in [0.29, 0.717) is 30.1 Å². The molecule has 0 unspecified atom stereocenters. The zero-order valence-corrected chi connectivity index (χ0v) is 17.5. The number of non-ortho nitro benzene ring substituents is 1. The SMILES string of the molecule is O=C(Nc1cc(CN2CCCC2)c(O)c(CN2CCCC2)c1)c1ccc([N+](=O)[O-])cc1. The lowest BCUT2D eigenvalue weighted by atomic mass is 10.1. The Kier molecular flexibility index (Phi) is 6.48. The number of benzene rings is 2. The molecule has 2 fully saturated rings. The summed E-state index contributed by atoms with van der Waals surface area (Å²) in [7, 11) is 0. The fourth-order valence-corrected chi connectivity index (χ4v) is 4.37. The van der Waals surface area contributed by atoms with Crippen LogP contribution in [0.3, 0.4) is 0 Å². The maximum atomic E-state index is 12.7. The molecule has 0 bridgehead atoms. The van der Waals surface area contributed by atoms with Crippen LogP contribution in [-0.4, -0.2) is 51.9 Å². The monoisotopic (exact) mass is 424 g/mol. The second kappa shape index (κ2) is 9.45. The van der Waals surface area contributed by atoms with Crippen molar-refractivity contribution in [2.24, 2.45) is 0 Å². The highest BCUT2D eigenvalue weighted by molar-refractivity contribution is 6.04. The molecule has 164 valence electrons. The average molecular weight is 425 g/mol. The summed E-state index contributed by atoms with van der Waals surface area (Å²) in [6.07, 6.45) is 4.66. The fourth-order valence-electron chi connectivity index (χ4n) is 4.37. The summed E-state index contributed by atoms with van der Waals surface area (Å²) in [5.41, 5.74) is 2.56. The third-order valence-electron chi connectivity index (χ3n) is 6.05. The number of carbonyl (C=O) groups excluding carboxylic acids is 1. The molecule has 2 aromatic rings. The van der Waals surface area contributed by atoms with E-state index in [-0.39, 0.29) is 11.6 Å². The Balaban J connectivity index is 1.56. The molecule has 2 aliphatic rings. The molecular weight excluding hydrogens is 396 g/mol. The summed E-state index contributed by atoms with van der Waals surface area (Å²) in [4.78, 5) is 27.7. The third kappa shape index (κ3) is 5.21. The molecule has 2 saturated heterocycles. The van der Waals surface area contributed by atoms with Crippen LogP contribution < -0.4 is 5.32 Å². The first-order valence-corrected chi connectivity index (χ1v) is 10.8. The maximum Gasteiger partial charge on any atom is 0.269 e. The van der Waals surface area contributed by atoms with Gasteiger partial charge in [-0.1, -0.05) is 0 Å². The van der Waals surface area contributed by atoms with Crippen molar-refractivity contribution in [1.29, 1.82) is 0 Å². The number of hydrogen-bond acceptors (Lipinski definition) is 6. The lowest BCUT2D eigenvalue weighted by Crippen LogP contribution is -2.21. The number of nitro groups is 1. The maximum absolute atomic E-state index is 12.7. The number of nitro benzene ring substituents is 1. The van der Waals surface area contributed by atoms with Gasteiger partial charge in [0, 0.05) is 47.6 Å². The van der Waals surface area contributed by atoms with Crippen LogP contribution >= 0.6 is 0 Å². The number of rotatable bonds is 7. The van der Waals surface area contributed by atoms with E-state index < -0.39 is 4.92 Å². The molecule has 1 amide bonds.